The van der Waals surface area contributed by atoms with Crippen molar-refractivity contribution in [2.24, 2.45) is 0 Å². The summed E-state index contributed by atoms with van der Waals surface area (Å²) in [4.78, 5) is 15.8. The molecule has 5 heteroatoms. The molecule has 5 nitrogen and oxygen atoms in total. The summed E-state index contributed by atoms with van der Waals surface area (Å²) < 4.78 is 11.2. The number of carbonyl (C=O) groups excluding carboxylic acids is 1. The molecule has 2 aromatic carbocycles. The molecule has 4 rings (SSSR count). The van der Waals surface area contributed by atoms with Crippen LogP contribution in [0.5, 0.6) is 5.75 Å². The minimum absolute atomic E-state index is 0.183. The molecular weight excluding hydrogens is 328 g/mol. The number of aromatic nitrogens is 1. The van der Waals surface area contributed by atoms with Gasteiger partial charge in [-0.2, -0.15) is 0 Å². The summed E-state index contributed by atoms with van der Waals surface area (Å²) >= 11 is 0. The quantitative estimate of drug-likeness (QED) is 0.692. The molecule has 134 valence electrons. The average Bonchev–Trinajstić information content (AvgIpc) is 3.05. The molecule has 0 saturated carbocycles. The predicted octanol–water partition coefficient (Wildman–Crippen LogP) is 3.50. The Bertz CT molecular complexity index is 918. The summed E-state index contributed by atoms with van der Waals surface area (Å²) in [7, 11) is 0. The van der Waals surface area contributed by atoms with Crippen molar-refractivity contribution < 1.29 is 14.3 Å². The zero-order valence-electron chi connectivity index (χ0n) is 14.7. The van der Waals surface area contributed by atoms with Crippen molar-refractivity contribution in [1.29, 1.82) is 0 Å². The number of benzene rings is 2. The summed E-state index contributed by atoms with van der Waals surface area (Å²) in [5, 5.41) is 4.32. The Morgan fingerprint density at radius 3 is 2.85 bits per heavy atom. The summed E-state index contributed by atoms with van der Waals surface area (Å²) in [6, 6.07) is 16.1. The molecule has 0 radical (unpaired) electrons. The maximum absolute atomic E-state index is 12.4. The number of esters is 1. The van der Waals surface area contributed by atoms with E-state index in [1.54, 1.807) is 0 Å². The minimum Gasteiger partial charge on any atom is -0.489 e. The highest BCUT2D eigenvalue weighted by Crippen LogP contribution is 2.34. The largest absolute Gasteiger partial charge is 0.489 e. The molecule has 0 fully saturated rings. The normalized spacial score (nSPS) is 16.3. The van der Waals surface area contributed by atoms with Crippen LogP contribution < -0.4 is 10.1 Å². The van der Waals surface area contributed by atoms with Crippen LogP contribution in [-0.2, 0) is 22.7 Å². The molecule has 0 saturated heterocycles. The van der Waals surface area contributed by atoms with Gasteiger partial charge in [0.25, 0.3) is 0 Å². The van der Waals surface area contributed by atoms with Crippen LogP contribution in [-0.4, -0.2) is 24.1 Å². The van der Waals surface area contributed by atoms with E-state index < -0.39 is 0 Å². The Morgan fingerprint density at radius 2 is 2.04 bits per heavy atom. The molecule has 3 aromatic rings. The van der Waals surface area contributed by atoms with Gasteiger partial charge in [-0.15, -0.1) is 0 Å². The van der Waals surface area contributed by atoms with Gasteiger partial charge < -0.3 is 19.8 Å². The number of carbonyl (C=O) groups is 1. The van der Waals surface area contributed by atoms with Crippen LogP contribution >= 0.6 is 0 Å². The van der Waals surface area contributed by atoms with Crippen molar-refractivity contribution in [2.75, 3.05) is 13.2 Å². The third kappa shape index (κ3) is 3.18. The van der Waals surface area contributed by atoms with Crippen molar-refractivity contribution in [1.82, 2.24) is 10.3 Å². The Hall–Kier alpha value is -2.79. The highest BCUT2D eigenvalue weighted by atomic mass is 16.5. The lowest BCUT2D eigenvalue weighted by Crippen LogP contribution is -2.33. The summed E-state index contributed by atoms with van der Waals surface area (Å²) in [6.07, 6.45) is 0. The van der Waals surface area contributed by atoms with Crippen molar-refractivity contribution in [2.45, 2.75) is 26.0 Å². The first-order valence-electron chi connectivity index (χ1n) is 8.95. The molecule has 2 heterocycles. The first-order valence-corrected chi connectivity index (χ1v) is 8.95. The first-order chi connectivity index (χ1) is 12.8. The van der Waals surface area contributed by atoms with Gasteiger partial charge in [0.2, 0.25) is 0 Å². The highest BCUT2D eigenvalue weighted by molar-refractivity contribution is 5.92. The van der Waals surface area contributed by atoms with Crippen LogP contribution in [0.25, 0.3) is 10.9 Å². The molecule has 26 heavy (non-hydrogen) atoms. The van der Waals surface area contributed by atoms with Gasteiger partial charge in [-0.05, 0) is 36.2 Å². The molecule has 0 amide bonds. The zero-order chi connectivity index (χ0) is 17.9. The third-order valence-corrected chi connectivity index (χ3v) is 4.71. The van der Waals surface area contributed by atoms with Crippen LogP contribution in [0.2, 0.25) is 0 Å². The van der Waals surface area contributed by atoms with Gasteiger partial charge in [0.1, 0.15) is 12.4 Å². The second-order valence-corrected chi connectivity index (χ2v) is 6.43. The first kappa shape index (κ1) is 16.7. The van der Waals surface area contributed by atoms with E-state index in [4.69, 9.17) is 9.47 Å². The zero-order valence-corrected chi connectivity index (χ0v) is 14.7. The van der Waals surface area contributed by atoms with Gasteiger partial charge in [0, 0.05) is 29.7 Å². The topological polar surface area (TPSA) is 63.3 Å². The number of hydrogen-bond acceptors (Lipinski definition) is 4. The number of H-pyrrole nitrogens is 1. The van der Waals surface area contributed by atoms with E-state index in [9.17, 15) is 4.79 Å². The number of ether oxygens (including phenoxy) is 2. The number of aromatic amines is 1. The predicted molar refractivity (Wildman–Crippen MR) is 100 cm³/mol. The molecule has 1 aromatic heterocycles. The van der Waals surface area contributed by atoms with Gasteiger partial charge in [-0.3, -0.25) is 4.79 Å². The van der Waals surface area contributed by atoms with Crippen LogP contribution in [0.3, 0.4) is 0 Å². The third-order valence-electron chi connectivity index (χ3n) is 4.71. The van der Waals surface area contributed by atoms with Crippen LogP contribution in [0.1, 0.15) is 29.7 Å². The molecule has 0 unspecified atom stereocenters. The van der Waals surface area contributed by atoms with Gasteiger partial charge in [-0.1, -0.05) is 30.3 Å². The highest BCUT2D eigenvalue weighted by Gasteiger charge is 2.31. The SMILES string of the molecule is CCOC(=O)[C@H]1CNCc2[nH]c3ccc(OCc4ccccc4)cc3c21. The lowest BCUT2D eigenvalue weighted by Gasteiger charge is -2.22. The van der Waals surface area contributed by atoms with Crippen LogP contribution in [0.4, 0.5) is 0 Å². The van der Waals surface area contributed by atoms with Gasteiger partial charge in [0.05, 0.1) is 12.5 Å². The van der Waals surface area contributed by atoms with Crippen molar-refractivity contribution in [3.05, 3.63) is 65.4 Å². The summed E-state index contributed by atoms with van der Waals surface area (Å²) in [5.41, 5.74) is 4.21. The van der Waals surface area contributed by atoms with Gasteiger partial charge >= 0.3 is 5.97 Å². The standard InChI is InChI=1S/C21H22N2O3/c1-2-25-21(24)17-11-22-12-19-20(17)16-10-15(8-9-18(16)23-19)26-13-14-6-4-3-5-7-14/h3-10,17,22-23H,2,11-13H2,1H3/t17-/m0/s1. The van der Waals surface area contributed by atoms with Gasteiger partial charge in [0.15, 0.2) is 0 Å². The summed E-state index contributed by atoms with van der Waals surface area (Å²) in [5.74, 6) is 0.318. The van der Waals surface area contributed by atoms with E-state index in [0.717, 1.165) is 40.0 Å². The maximum Gasteiger partial charge on any atom is 0.314 e. The van der Waals surface area contributed by atoms with E-state index >= 15 is 0 Å². The molecule has 2 N–H and O–H groups in total. The fraction of sp³-hybridized carbons (Fsp3) is 0.286. The molecular formula is C21H22N2O3. The Kier molecular flexibility index (Phi) is 4.63. The Labute approximate surface area is 152 Å². The second kappa shape index (κ2) is 7.22. The van der Waals surface area contributed by atoms with E-state index in [2.05, 4.69) is 10.3 Å². The fourth-order valence-electron chi connectivity index (χ4n) is 3.50. The van der Waals surface area contributed by atoms with Crippen LogP contribution in [0.15, 0.2) is 48.5 Å². The fourth-order valence-corrected chi connectivity index (χ4v) is 3.50. The lowest BCUT2D eigenvalue weighted by atomic mass is 9.93. The van der Waals surface area contributed by atoms with Crippen molar-refractivity contribution >= 4 is 16.9 Å². The van der Waals surface area contributed by atoms with Crippen LogP contribution in [0, 0.1) is 0 Å². The Balaban J connectivity index is 1.65. The average molecular weight is 350 g/mol. The number of rotatable bonds is 5. The van der Waals surface area contributed by atoms with Crippen molar-refractivity contribution in [3.8, 4) is 5.75 Å². The van der Waals surface area contributed by atoms with E-state index in [1.807, 2.05) is 55.5 Å². The summed E-state index contributed by atoms with van der Waals surface area (Å²) in [6.45, 7) is 4.05. The monoisotopic (exact) mass is 350 g/mol. The maximum atomic E-state index is 12.4. The Morgan fingerprint density at radius 1 is 1.19 bits per heavy atom. The van der Waals surface area contributed by atoms with E-state index in [1.165, 1.54) is 0 Å². The lowest BCUT2D eigenvalue weighted by molar-refractivity contribution is -0.145. The molecule has 1 atom stereocenters. The molecule has 0 aliphatic carbocycles. The second-order valence-electron chi connectivity index (χ2n) is 6.43. The smallest absolute Gasteiger partial charge is 0.314 e. The minimum atomic E-state index is -0.295. The molecule has 0 bridgehead atoms. The number of nitrogens with one attached hydrogen (secondary N) is 2. The number of fused-ring (bicyclic) bond motifs is 3. The molecule has 1 aliphatic heterocycles. The van der Waals surface area contributed by atoms with E-state index in [-0.39, 0.29) is 11.9 Å². The molecule has 0 spiro atoms. The molecule has 1 aliphatic rings. The van der Waals surface area contributed by atoms with Gasteiger partial charge in [-0.25, -0.2) is 0 Å². The number of hydrogen-bond donors (Lipinski definition) is 2. The van der Waals surface area contributed by atoms with E-state index in [0.29, 0.717) is 19.8 Å². The van der Waals surface area contributed by atoms with Crippen molar-refractivity contribution in [3.63, 3.8) is 0 Å².